The first-order chi connectivity index (χ1) is 10.5. The lowest BCUT2D eigenvalue weighted by molar-refractivity contribution is -0.141. The number of nitrogens with one attached hydrogen (secondary N) is 2. The molecule has 3 rings (SSSR count). The zero-order chi connectivity index (χ0) is 15.6. The van der Waals surface area contributed by atoms with E-state index < -0.39 is 11.9 Å². The van der Waals surface area contributed by atoms with Crippen molar-refractivity contribution in [2.75, 3.05) is 19.6 Å². The predicted octanol–water partition coefficient (Wildman–Crippen LogP) is 2.51. The SMILES string of the molecule is FC(F)(F)c1cn(CCNC2CCC2)c(C2CCNCC2)n1. The molecule has 0 unspecified atom stereocenters. The summed E-state index contributed by atoms with van der Waals surface area (Å²) in [5.74, 6) is 0.727. The molecule has 1 aromatic heterocycles. The van der Waals surface area contributed by atoms with Crippen LogP contribution in [0.25, 0.3) is 0 Å². The third-order valence-corrected chi connectivity index (χ3v) is 4.69. The number of alkyl halides is 3. The van der Waals surface area contributed by atoms with Gasteiger partial charge in [0.05, 0.1) is 0 Å². The minimum absolute atomic E-state index is 0.126. The fourth-order valence-corrected chi connectivity index (χ4v) is 3.15. The van der Waals surface area contributed by atoms with Crippen molar-refractivity contribution < 1.29 is 13.2 Å². The van der Waals surface area contributed by atoms with Crippen LogP contribution in [0.5, 0.6) is 0 Å². The number of aromatic nitrogens is 2. The summed E-state index contributed by atoms with van der Waals surface area (Å²) in [4.78, 5) is 3.92. The number of halogens is 3. The van der Waals surface area contributed by atoms with E-state index >= 15 is 0 Å². The van der Waals surface area contributed by atoms with Gasteiger partial charge in [0.15, 0.2) is 5.69 Å². The van der Waals surface area contributed by atoms with Crippen LogP contribution in [-0.2, 0) is 12.7 Å². The standard InChI is InChI=1S/C15H23F3N4/c16-15(17,18)13-10-22(9-8-20-12-2-1-3-12)14(21-13)11-4-6-19-7-5-11/h10-12,19-20H,1-9H2. The maximum absolute atomic E-state index is 13.0. The second kappa shape index (κ2) is 6.58. The molecule has 2 aliphatic rings. The molecule has 7 heteroatoms. The summed E-state index contributed by atoms with van der Waals surface area (Å²) in [7, 11) is 0. The highest BCUT2D eigenvalue weighted by atomic mass is 19.4. The number of hydrogen-bond acceptors (Lipinski definition) is 3. The second-order valence-electron chi connectivity index (χ2n) is 6.28. The molecule has 2 fully saturated rings. The van der Waals surface area contributed by atoms with Gasteiger partial charge in [-0.15, -0.1) is 0 Å². The first-order valence-electron chi connectivity index (χ1n) is 8.12. The van der Waals surface area contributed by atoms with Crippen molar-refractivity contribution in [3.8, 4) is 0 Å². The monoisotopic (exact) mass is 316 g/mol. The largest absolute Gasteiger partial charge is 0.434 e. The number of piperidine rings is 1. The topological polar surface area (TPSA) is 41.9 Å². The van der Waals surface area contributed by atoms with Gasteiger partial charge in [0.2, 0.25) is 0 Å². The molecule has 1 saturated heterocycles. The van der Waals surface area contributed by atoms with Crippen LogP contribution in [0.1, 0.15) is 49.5 Å². The summed E-state index contributed by atoms with van der Waals surface area (Å²) in [5.41, 5.74) is -0.760. The smallest absolute Gasteiger partial charge is 0.333 e. The Bertz CT molecular complexity index is 487. The van der Waals surface area contributed by atoms with Gasteiger partial charge in [-0.25, -0.2) is 4.98 Å². The Labute approximate surface area is 128 Å². The fraction of sp³-hybridized carbons (Fsp3) is 0.800. The van der Waals surface area contributed by atoms with Crippen LogP contribution in [0.3, 0.4) is 0 Å². The number of rotatable bonds is 5. The molecule has 0 spiro atoms. The van der Waals surface area contributed by atoms with Crippen molar-refractivity contribution in [2.24, 2.45) is 0 Å². The Morgan fingerprint density at radius 3 is 2.55 bits per heavy atom. The highest BCUT2D eigenvalue weighted by molar-refractivity contribution is 5.12. The first-order valence-corrected chi connectivity index (χ1v) is 8.12. The summed E-state index contributed by atoms with van der Waals surface area (Å²) in [6, 6.07) is 0.549. The van der Waals surface area contributed by atoms with E-state index in [1.54, 1.807) is 4.57 Å². The van der Waals surface area contributed by atoms with E-state index in [2.05, 4.69) is 15.6 Å². The van der Waals surface area contributed by atoms with Crippen molar-refractivity contribution in [3.05, 3.63) is 17.7 Å². The van der Waals surface area contributed by atoms with Crippen LogP contribution in [0.15, 0.2) is 6.20 Å². The summed E-state index contributed by atoms with van der Waals surface area (Å²) >= 11 is 0. The van der Waals surface area contributed by atoms with Gasteiger partial charge in [-0.05, 0) is 38.8 Å². The van der Waals surface area contributed by atoms with Gasteiger partial charge in [0.1, 0.15) is 5.82 Å². The third-order valence-electron chi connectivity index (χ3n) is 4.69. The Kier molecular flexibility index (Phi) is 4.73. The predicted molar refractivity (Wildman–Crippen MR) is 77.7 cm³/mol. The maximum atomic E-state index is 13.0. The first kappa shape index (κ1) is 15.8. The molecule has 124 valence electrons. The second-order valence-corrected chi connectivity index (χ2v) is 6.28. The Morgan fingerprint density at radius 1 is 1.23 bits per heavy atom. The van der Waals surface area contributed by atoms with Crippen LogP contribution in [0.4, 0.5) is 13.2 Å². The Balaban J connectivity index is 1.71. The van der Waals surface area contributed by atoms with E-state index in [0.29, 0.717) is 25.0 Å². The van der Waals surface area contributed by atoms with E-state index in [0.717, 1.165) is 25.9 Å². The van der Waals surface area contributed by atoms with Gasteiger partial charge in [-0.3, -0.25) is 0 Å². The van der Waals surface area contributed by atoms with E-state index in [1.807, 2.05) is 0 Å². The van der Waals surface area contributed by atoms with Crippen molar-refractivity contribution in [2.45, 2.75) is 56.8 Å². The number of nitrogens with zero attached hydrogens (tertiary/aromatic N) is 2. The van der Waals surface area contributed by atoms with Crippen LogP contribution in [-0.4, -0.2) is 35.2 Å². The van der Waals surface area contributed by atoms with Crippen molar-refractivity contribution >= 4 is 0 Å². The average molecular weight is 316 g/mol. The minimum Gasteiger partial charge on any atom is -0.333 e. The normalized spacial score (nSPS) is 21.0. The molecule has 0 aromatic carbocycles. The molecule has 4 nitrogen and oxygen atoms in total. The van der Waals surface area contributed by atoms with E-state index in [9.17, 15) is 13.2 Å². The zero-order valence-corrected chi connectivity index (χ0v) is 12.6. The Hall–Kier alpha value is -1.08. The van der Waals surface area contributed by atoms with Gasteiger partial charge >= 0.3 is 6.18 Å². The summed E-state index contributed by atoms with van der Waals surface area (Å²) in [6.07, 6.45) is 2.13. The summed E-state index contributed by atoms with van der Waals surface area (Å²) in [6.45, 7) is 2.95. The number of imidazole rings is 1. The maximum Gasteiger partial charge on any atom is 0.434 e. The molecule has 1 aromatic rings. The van der Waals surface area contributed by atoms with E-state index in [1.165, 1.54) is 25.5 Å². The lowest BCUT2D eigenvalue weighted by Crippen LogP contribution is -2.37. The molecular formula is C15H23F3N4. The lowest BCUT2D eigenvalue weighted by Gasteiger charge is -2.27. The summed E-state index contributed by atoms with van der Waals surface area (Å²) in [5, 5.41) is 6.65. The van der Waals surface area contributed by atoms with Crippen molar-refractivity contribution in [3.63, 3.8) is 0 Å². The van der Waals surface area contributed by atoms with Gasteiger partial charge in [0, 0.05) is 31.2 Å². The molecule has 0 radical (unpaired) electrons. The van der Waals surface area contributed by atoms with Crippen molar-refractivity contribution in [1.82, 2.24) is 20.2 Å². The molecule has 1 aliphatic carbocycles. The quantitative estimate of drug-likeness (QED) is 0.877. The van der Waals surface area contributed by atoms with Crippen LogP contribution in [0.2, 0.25) is 0 Å². The summed E-state index contributed by atoms with van der Waals surface area (Å²) < 4.78 is 40.6. The minimum atomic E-state index is -4.37. The van der Waals surface area contributed by atoms with Crippen LogP contribution in [0, 0.1) is 0 Å². The fourth-order valence-electron chi connectivity index (χ4n) is 3.15. The molecular weight excluding hydrogens is 293 g/mol. The van der Waals surface area contributed by atoms with Crippen LogP contribution >= 0.6 is 0 Å². The van der Waals surface area contributed by atoms with E-state index in [-0.39, 0.29) is 5.92 Å². The molecule has 22 heavy (non-hydrogen) atoms. The highest BCUT2D eigenvalue weighted by Crippen LogP contribution is 2.32. The molecule has 0 amide bonds. The molecule has 2 N–H and O–H groups in total. The molecule has 2 heterocycles. The molecule has 1 saturated carbocycles. The molecule has 0 bridgehead atoms. The zero-order valence-electron chi connectivity index (χ0n) is 12.6. The van der Waals surface area contributed by atoms with Crippen LogP contribution < -0.4 is 10.6 Å². The lowest BCUT2D eigenvalue weighted by atomic mass is 9.93. The van der Waals surface area contributed by atoms with E-state index in [4.69, 9.17) is 0 Å². The van der Waals surface area contributed by atoms with Gasteiger partial charge < -0.3 is 15.2 Å². The van der Waals surface area contributed by atoms with Gasteiger partial charge in [-0.1, -0.05) is 6.42 Å². The highest BCUT2D eigenvalue weighted by Gasteiger charge is 2.36. The third kappa shape index (κ3) is 3.63. The Morgan fingerprint density at radius 2 is 1.95 bits per heavy atom. The molecule has 0 atom stereocenters. The average Bonchev–Trinajstić information content (AvgIpc) is 2.87. The van der Waals surface area contributed by atoms with Crippen molar-refractivity contribution in [1.29, 1.82) is 0 Å². The molecule has 1 aliphatic heterocycles. The number of hydrogen-bond donors (Lipinski definition) is 2. The van der Waals surface area contributed by atoms with Gasteiger partial charge in [0.25, 0.3) is 0 Å². The van der Waals surface area contributed by atoms with Gasteiger partial charge in [-0.2, -0.15) is 13.2 Å².